The maximum Gasteiger partial charge on any atom is 0.0541 e. The van der Waals surface area contributed by atoms with E-state index >= 15 is 0 Å². The van der Waals surface area contributed by atoms with E-state index in [1.165, 1.54) is 71.4 Å². The Morgan fingerprint density at radius 3 is 0.848 bits per heavy atom. The molecule has 0 atom stereocenters. The Hall–Kier alpha value is -8.72. The third-order valence-corrected chi connectivity index (χ3v) is 13.0. The lowest BCUT2D eigenvalue weighted by atomic mass is 9.85. The molecule has 12 aromatic rings. The first-order valence-electron chi connectivity index (χ1n) is 22.7. The van der Waals surface area contributed by atoms with Gasteiger partial charge >= 0.3 is 0 Å². The molecule has 12 rings (SSSR count). The quantitative estimate of drug-likeness (QED) is 0.128. The van der Waals surface area contributed by atoms with E-state index in [0.717, 1.165) is 39.2 Å². The number of para-hydroxylation sites is 4. The van der Waals surface area contributed by atoms with Crippen molar-refractivity contribution in [3.8, 4) is 11.4 Å². The summed E-state index contributed by atoms with van der Waals surface area (Å²) in [6.07, 6.45) is 2.34. The number of fused-ring (bicyclic) bond motifs is 6. The second-order valence-corrected chi connectivity index (χ2v) is 16.9. The van der Waals surface area contributed by atoms with Crippen molar-refractivity contribution >= 4 is 66.4 Å². The molecule has 66 heavy (non-hydrogen) atoms. The van der Waals surface area contributed by atoms with Crippen molar-refractivity contribution in [3.63, 3.8) is 0 Å². The highest BCUT2D eigenvalue weighted by molar-refractivity contribution is 6.10. The van der Waals surface area contributed by atoms with Gasteiger partial charge in [0.2, 0.25) is 0 Å². The van der Waals surface area contributed by atoms with Gasteiger partial charge in [-0.3, -0.25) is 0 Å². The molecule has 2 nitrogen and oxygen atoms in total. The normalized spacial score (nSPS) is 11.3. The van der Waals surface area contributed by atoms with E-state index in [9.17, 15) is 0 Å². The lowest BCUT2D eigenvalue weighted by Gasteiger charge is -2.18. The number of hydrogen-bond donors (Lipinski definition) is 0. The number of benzene rings is 10. The SMILES string of the molecule is C(=C(c1ccc(-n2c3ccccc3c3ccccc32)cc1)c1ccc(-n2c3ccccc3c3ccccc32)cc1)c1ccc(C(=C(c2ccccc2)c2ccccc2)c2ccccc2)cc1. The first-order valence-corrected chi connectivity index (χ1v) is 22.7. The Morgan fingerprint density at radius 1 is 0.242 bits per heavy atom. The maximum absolute atomic E-state index is 2.38. The average molecular weight is 841 g/mol. The van der Waals surface area contributed by atoms with Gasteiger partial charge in [0.05, 0.1) is 22.1 Å². The van der Waals surface area contributed by atoms with Crippen LogP contribution in [0.3, 0.4) is 0 Å². The molecule has 2 aromatic heterocycles. The van der Waals surface area contributed by atoms with Crippen molar-refractivity contribution in [2.45, 2.75) is 0 Å². The van der Waals surface area contributed by atoms with Crippen LogP contribution in [-0.2, 0) is 0 Å². The number of rotatable bonds is 9. The van der Waals surface area contributed by atoms with E-state index in [1.807, 2.05) is 0 Å². The zero-order valence-electron chi connectivity index (χ0n) is 36.3. The van der Waals surface area contributed by atoms with E-state index in [4.69, 9.17) is 0 Å². The third-order valence-electron chi connectivity index (χ3n) is 13.0. The molecular weight excluding hydrogens is 797 g/mol. The summed E-state index contributed by atoms with van der Waals surface area (Å²) in [6, 6.07) is 94.4. The van der Waals surface area contributed by atoms with Gasteiger partial charge in [0.15, 0.2) is 0 Å². The van der Waals surface area contributed by atoms with E-state index in [1.54, 1.807) is 0 Å². The topological polar surface area (TPSA) is 9.86 Å². The van der Waals surface area contributed by atoms with Crippen molar-refractivity contribution in [1.82, 2.24) is 9.13 Å². The molecule has 2 heterocycles. The van der Waals surface area contributed by atoms with Gasteiger partial charge in [-0.2, -0.15) is 0 Å². The molecule has 0 spiro atoms. The van der Waals surface area contributed by atoms with Crippen LogP contribution in [-0.4, -0.2) is 9.13 Å². The predicted molar refractivity (Wildman–Crippen MR) is 279 cm³/mol. The van der Waals surface area contributed by atoms with Gasteiger partial charge in [0.1, 0.15) is 0 Å². The second kappa shape index (κ2) is 16.8. The van der Waals surface area contributed by atoms with Gasteiger partial charge in [-0.05, 0) is 110 Å². The number of aromatic nitrogens is 2. The second-order valence-electron chi connectivity index (χ2n) is 16.9. The van der Waals surface area contributed by atoms with E-state index in [0.29, 0.717) is 0 Å². The summed E-state index contributed by atoms with van der Waals surface area (Å²) in [4.78, 5) is 0. The van der Waals surface area contributed by atoms with Crippen molar-refractivity contribution in [3.05, 3.63) is 300 Å². The minimum absolute atomic E-state index is 1.13. The van der Waals surface area contributed by atoms with Crippen LogP contribution in [0, 0.1) is 0 Å². The van der Waals surface area contributed by atoms with Gasteiger partial charge in [-0.1, -0.05) is 212 Å². The molecule has 0 aliphatic carbocycles. The van der Waals surface area contributed by atoms with Crippen molar-refractivity contribution in [2.24, 2.45) is 0 Å². The standard InChI is InChI=1S/C64H44N2/c1-4-18-48(19-5-1)63(49-20-6-2-7-21-49)64(50-22-8-3-9-23-50)51-34-32-45(33-35-51)44-58(46-36-40-52(41-37-46)65-59-28-14-10-24-54(59)55-25-11-15-29-60(55)65)47-38-42-53(43-39-47)66-61-30-16-12-26-56(61)57-27-13-17-31-62(57)66/h1-44H. The van der Waals surface area contributed by atoms with Gasteiger partial charge in [0.25, 0.3) is 0 Å². The molecule has 0 aliphatic rings. The molecule has 0 saturated carbocycles. The average Bonchev–Trinajstić information content (AvgIpc) is 3.92. The van der Waals surface area contributed by atoms with E-state index in [-0.39, 0.29) is 0 Å². The number of nitrogens with zero attached hydrogens (tertiary/aromatic N) is 2. The van der Waals surface area contributed by atoms with Crippen LogP contribution in [0.15, 0.2) is 261 Å². The van der Waals surface area contributed by atoms with Gasteiger partial charge in [0, 0.05) is 32.9 Å². The van der Waals surface area contributed by atoms with Crippen molar-refractivity contribution < 1.29 is 0 Å². The highest BCUT2D eigenvalue weighted by atomic mass is 15.0. The lowest BCUT2D eigenvalue weighted by Crippen LogP contribution is -1.98. The molecule has 0 N–H and O–H groups in total. The van der Waals surface area contributed by atoms with E-state index < -0.39 is 0 Å². The van der Waals surface area contributed by atoms with Crippen LogP contribution in [0.25, 0.3) is 77.8 Å². The molecule has 0 unspecified atom stereocenters. The largest absolute Gasteiger partial charge is 0.309 e. The predicted octanol–water partition coefficient (Wildman–Crippen LogP) is 16.5. The Labute approximate surface area is 384 Å². The smallest absolute Gasteiger partial charge is 0.0541 e. The van der Waals surface area contributed by atoms with Gasteiger partial charge in [-0.15, -0.1) is 0 Å². The Balaban J connectivity index is 0.997. The summed E-state index contributed by atoms with van der Waals surface area (Å²) in [5, 5.41) is 5.04. The Morgan fingerprint density at radius 2 is 0.515 bits per heavy atom. The van der Waals surface area contributed by atoms with Crippen LogP contribution in [0.1, 0.15) is 38.9 Å². The van der Waals surface area contributed by atoms with Crippen molar-refractivity contribution in [2.75, 3.05) is 0 Å². The fourth-order valence-electron chi connectivity index (χ4n) is 9.95. The molecule has 0 aliphatic heterocycles. The number of hydrogen-bond acceptors (Lipinski definition) is 0. The molecule has 0 fully saturated rings. The summed E-state index contributed by atoms with van der Waals surface area (Å²) >= 11 is 0. The summed E-state index contributed by atoms with van der Waals surface area (Å²) in [5.74, 6) is 0. The zero-order valence-corrected chi connectivity index (χ0v) is 36.3. The molecule has 310 valence electrons. The van der Waals surface area contributed by atoms with E-state index in [2.05, 4.69) is 276 Å². The molecule has 0 amide bonds. The highest BCUT2D eigenvalue weighted by Gasteiger charge is 2.18. The fraction of sp³-hybridized carbons (Fsp3) is 0. The third kappa shape index (κ3) is 6.93. The van der Waals surface area contributed by atoms with Crippen LogP contribution in [0.5, 0.6) is 0 Å². The summed E-state index contributed by atoms with van der Waals surface area (Å²) < 4.78 is 4.77. The summed E-state index contributed by atoms with van der Waals surface area (Å²) in [5.41, 5.74) is 18.8. The van der Waals surface area contributed by atoms with Gasteiger partial charge < -0.3 is 9.13 Å². The minimum atomic E-state index is 1.13. The Kier molecular flexibility index (Phi) is 9.89. The van der Waals surface area contributed by atoms with Crippen LogP contribution in [0.2, 0.25) is 0 Å². The molecule has 0 bridgehead atoms. The Bertz CT molecular complexity index is 3430. The summed E-state index contributed by atoms with van der Waals surface area (Å²) in [7, 11) is 0. The summed E-state index contributed by atoms with van der Waals surface area (Å²) in [6.45, 7) is 0. The first kappa shape index (κ1) is 38.9. The molecule has 10 aromatic carbocycles. The first-order chi connectivity index (χ1) is 32.8. The minimum Gasteiger partial charge on any atom is -0.309 e. The van der Waals surface area contributed by atoms with Crippen LogP contribution in [0.4, 0.5) is 0 Å². The monoisotopic (exact) mass is 840 g/mol. The molecule has 0 saturated heterocycles. The molecule has 2 heteroatoms. The highest BCUT2D eigenvalue weighted by Crippen LogP contribution is 2.39. The molecule has 0 radical (unpaired) electrons. The maximum atomic E-state index is 2.38. The zero-order chi connectivity index (χ0) is 43.8. The lowest BCUT2D eigenvalue weighted by molar-refractivity contribution is 1.18. The van der Waals surface area contributed by atoms with Crippen LogP contribution < -0.4 is 0 Å². The van der Waals surface area contributed by atoms with Crippen LogP contribution >= 0.6 is 0 Å². The molecular formula is C64H44N2. The van der Waals surface area contributed by atoms with Gasteiger partial charge in [-0.25, -0.2) is 0 Å². The fourth-order valence-corrected chi connectivity index (χ4v) is 9.95. The van der Waals surface area contributed by atoms with Crippen molar-refractivity contribution in [1.29, 1.82) is 0 Å².